The molecule has 30 heavy (non-hydrogen) atoms. The van der Waals surface area contributed by atoms with E-state index in [1.165, 1.54) is 22.6 Å². The number of benzene rings is 3. The molecular weight excluding hydrogens is 366 g/mol. The van der Waals surface area contributed by atoms with Crippen molar-refractivity contribution in [1.29, 1.82) is 5.41 Å². The fourth-order valence-corrected chi connectivity index (χ4v) is 4.80. The lowest BCUT2D eigenvalue weighted by atomic mass is 10.0. The normalized spacial score (nSPS) is 13.0. The highest BCUT2D eigenvalue weighted by Crippen LogP contribution is 2.42. The van der Waals surface area contributed by atoms with Crippen LogP contribution in [0.4, 0.5) is 0 Å². The highest BCUT2D eigenvalue weighted by atomic mass is 15.1. The Balaban J connectivity index is 1.77. The third kappa shape index (κ3) is 2.09. The number of aryl methyl sites for hydroxylation is 1. The van der Waals surface area contributed by atoms with Crippen molar-refractivity contribution in [3.8, 4) is 5.82 Å². The Bertz CT molecular complexity index is 1580. The lowest BCUT2D eigenvalue weighted by Gasteiger charge is -2.11. The maximum atomic E-state index is 8.03. The van der Waals surface area contributed by atoms with Gasteiger partial charge in [0, 0.05) is 27.9 Å². The Morgan fingerprint density at radius 3 is 2.57 bits per heavy atom. The summed E-state index contributed by atoms with van der Waals surface area (Å²) >= 11 is 0. The fraction of sp³-hybridized carbons (Fsp3) is 0.0370. The molecule has 1 N–H and O–H groups in total. The molecule has 0 bridgehead atoms. The highest BCUT2D eigenvalue weighted by molar-refractivity contribution is 6.29. The van der Waals surface area contributed by atoms with Crippen LogP contribution in [0.15, 0.2) is 79.4 Å². The average molecular weight is 385 g/mol. The monoisotopic (exact) mass is 385 g/mol. The minimum atomic E-state index is 0.828. The highest BCUT2D eigenvalue weighted by Gasteiger charge is 2.24. The lowest BCUT2D eigenvalue weighted by Crippen LogP contribution is -2.00. The van der Waals surface area contributed by atoms with Gasteiger partial charge in [-0.05, 0) is 47.7 Å². The summed E-state index contributed by atoms with van der Waals surface area (Å²) in [5, 5.41) is 12.7. The minimum absolute atomic E-state index is 0.828. The predicted molar refractivity (Wildman–Crippen MR) is 127 cm³/mol. The molecule has 142 valence electrons. The van der Waals surface area contributed by atoms with Crippen LogP contribution in [0.25, 0.3) is 49.5 Å². The standard InChI is InChI=1S/C27H19N3/c1-3-18-20-9-6-7-17-14-25(29-27(26(17)20)22(18)15-28)30-23-10-5-4-8-19(23)21-13-16(2)11-12-24(21)30/h3-15,28H,1H2,2H3. The second-order valence-electron chi connectivity index (χ2n) is 7.78. The van der Waals surface area contributed by atoms with Crippen molar-refractivity contribution in [1.82, 2.24) is 9.55 Å². The van der Waals surface area contributed by atoms with E-state index in [4.69, 9.17) is 10.4 Å². The van der Waals surface area contributed by atoms with Crippen LogP contribution < -0.4 is 0 Å². The van der Waals surface area contributed by atoms with Crippen molar-refractivity contribution in [3.63, 3.8) is 0 Å². The molecule has 5 aromatic rings. The Morgan fingerprint density at radius 2 is 1.73 bits per heavy atom. The number of fused-ring (bicyclic) bond motifs is 3. The van der Waals surface area contributed by atoms with E-state index in [-0.39, 0.29) is 0 Å². The molecular formula is C27H19N3. The van der Waals surface area contributed by atoms with Crippen LogP contribution in [0.1, 0.15) is 16.8 Å². The molecule has 1 aliphatic rings. The van der Waals surface area contributed by atoms with Crippen molar-refractivity contribution >= 4 is 49.9 Å². The molecule has 3 heteroatoms. The summed E-state index contributed by atoms with van der Waals surface area (Å²) in [5.74, 6) is 0.870. The lowest BCUT2D eigenvalue weighted by molar-refractivity contribution is 1.08. The van der Waals surface area contributed by atoms with Crippen molar-refractivity contribution in [2.45, 2.75) is 6.92 Å². The average Bonchev–Trinajstić information content (AvgIpc) is 3.26. The van der Waals surface area contributed by atoms with Gasteiger partial charge < -0.3 is 5.41 Å². The number of aromatic nitrogens is 2. The van der Waals surface area contributed by atoms with Crippen LogP contribution in [-0.4, -0.2) is 15.8 Å². The first kappa shape index (κ1) is 16.9. The third-order valence-electron chi connectivity index (χ3n) is 6.09. The van der Waals surface area contributed by atoms with E-state index in [2.05, 4.69) is 84.8 Å². The van der Waals surface area contributed by atoms with Crippen LogP contribution in [0.3, 0.4) is 0 Å². The van der Waals surface area contributed by atoms with Gasteiger partial charge in [0.2, 0.25) is 0 Å². The molecule has 0 atom stereocenters. The SMILES string of the molecule is C=CC1=C(C=N)c2nc(-n3c4ccccc4c4cc(C)ccc43)cc3cccc1c23. The van der Waals surface area contributed by atoms with Gasteiger partial charge in [-0.1, -0.05) is 60.7 Å². The van der Waals surface area contributed by atoms with Crippen LogP contribution in [0.5, 0.6) is 0 Å². The van der Waals surface area contributed by atoms with Crippen LogP contribution in [0, 0.1) is 12.3 Å². The first-order valence-corrected chi connectivity index (χ1v) is 10.0. The molecule has 0 radical (unpaired) electrons. The third-order valence-corrected chi connectivity index (χ3v) is 6.09. The van der Waals surface area contributed by atoms with Crippen LogP contribution >= 0.6 is 0 Å². The van der Waals surface area contributed by atoms with Gasteiger partial charge in [-0.25, -0.2) is 4.98 Å². The van der Waals surface area contributed by atoms with E-state index in [1.807, 2.05) is 6.08 Å². The summed E-state index contributed by atoms with van der Waals surface area (Å²) in [6.45, 7) is 6.10. The first-order chi connectivity index (χ1) is 14.7. The Morgan fingerprint density at radius 1 is 0.900 bits per heavy atom. The predicted octanol–water partition coefficient (Wildman–Crippen LogP) is 6.70. The zero-order valence-electron chi connectivity index (χ0n) is 16.6. The summed E-state index contributed by atoms with van der Waals surface area (Å²) in [4.78, 5) is 5.09. The van der Waals surface area contributed by atoms with Gasteiger partial charge in [0.05, 0.1) is 16.7 Å². The number of nitrogens with zero attached hydrogens (tertiary/aromatic N) is 2. The summed E-state index contributed by atoms with van der Waals surface area (Å²) in [6, 6.07) is 23.5. The molecule has 0 spiro atoms. The number of hydrogen-bond acceptors (Lipinski definition) is 2. The zero-order valence-corrected chi connectivity index (χ0v) is 16.6. The Labute approximate surface area is 174 Å². The van der Waals surface area contributed by atoms with E-state index in [0.717, 1.165) is 50.0 Å². The quantitative estimate of drug-likeness (QED) is 0.345. The van der Waals surface area contributed by atoms with Gasteiger partial charge in [-0.2, -0.15) is 0 Å². The largest absolute Gasteiger partial charge is 0.308 e. The maximum absolute atomic E-state index is 8.03. The molecule has 0 unspecified atom stereocenters. The molecule has 0 aliphatic heterocycles. The number of pyridine rings is 1. The van der Waals surface area contributed by atoms with Crippen molar-refractivity contribution < 1.29 is 0 Å². The maximum Gasteiger partial charge on any atom is 0.138 e. The molecule has 3 aromatic carbocycles. The van der Waals surface area contributed by atoms with E-state index in [1.54, 1.807) is 0 Å². The van der Waals surface area contributed by atoms with E-state index in [0.29, 0.717) is 0 Å². The molecule has 1 aliphatic carbocycles. The summed E-state index contributed by atoms with van der Waals surface area (Å²) in [6.07, 6.45) is 3.23. The molecule has 2 heterocycles. The van der Waals surface area contributed by atoms with Crippen molar-refractivity contribution in [2.24, 2.45) is 0 Å². The number of hydrogen-bond donors (Lipinski definition) is 1. The summed E-state index contributed by atoms with van der Waals surface area (Å²) in [5.41, 5.74) is 7.29. The van der Waals surface area contributed by atoms with Crippen LogP contribution in [0.2, 0.25) is 0 Å². The molecule has 3 nitrogen and oxygen atoms in total. The van der Waals surface area contributed by atoms with E-state index >= 15 is 0 Å². The molecule has 0 saturated carbocycles. The second kappa shape index (κ2) is 6.01. The van der Waals surface area contributed by atoms with Gasteiger partial charge in [0.15, 0.2) is 0 Å². The van der Waals surface area contributed by atoms with Crippen LogP contribution in [-0.2, 0) is 0 Å². The minimum Gasteiger partial charge on any atom is -0.308 e. The molecule has 0 saturated heterocycles. The van der Waals surface area contributed by atoms with Crippen molar-refractivity contribution in [3.05, 3.63) is 96.2 Å². The topological polar surface area (TPSA) is 41.7 Å². The number of rotatable bonds is 3. The number of nitrogens with one attached hydrogen (secondary N) is 1. The van der Waals surface area contributed by atoms with E-state index in [9.17, 15) is 0 Å². The smallest absolute Gasteiger partial charge is 0.138 e. The summed E-state index contributed by atoms with van der Waals surface area (Å²) in [7, 11) is 0. The Hall–Kier alpha value is -3.98. The molecule has 6 rings (SSSR count). The first-order valence-electron chi connectivity index (χ1n) is 10.0. The van der Waals surface area contributed by atoms with Crippen molar-refractivity contribution in [2.75, 3.05) is 0 Å². The number of para-hydroxylation sites is 1. The molecule has 0 fully saturated rings. The van der Waals surface area contributed by atoms with Gasteiger partial charge >= 0.3 is 0 Å². The second-order valence-corrected chi connectivity index (χ2v) is 7.78. The van der Waals surface area contributed by atoms with Gasteiger partial charge in [0.25, 0.3) is 0 Å². The van der Waals surface area contributed by atoms with Gasteiger partial charge in [-0.3, -0.25) is 4.57 Å². The Kier molecular flexibility index (Phi) is 3.39. The zero-order chi connectivity index (χ0) is 20.4. The molecule has 2 aromatic heterocycles. The number of allylic oxidation sites excluding steroid dienone is 3. The van der Waals surface area contributed by atoms with Gasteiger partial charge in [-0.15, -0.1) is 0 Å². The fourth-order valence-electron chi connectivity index (χ4n) is 4.80. The van der Waals surface area contributed by atoms with Gasteiger partial charge in [0.1, 0.15) is 5.82 Å². The van der Waals surface area contributed by atoms with E-state index < -0.39 is 0 Å². The summed E-state index contributed by atoms with van der Waals surface area (Å²) < 4.78 is 2.24. The molecule has 0 amide bonds.